The highest BCUT2D eigenvalue weighted by Gasteiger charge is 2.10. The lowest BCUT2D eigenvalue weighted by Gasteiger charge is -2.18. The van der Waals surface area contributed by atoms with Gasteiger partial charge in [-0.25, -0.2) is 0 Å². The van der Waals surface area contributed by atoms with E-state index in [0.29, 0.717) is 6.61 Å². The molecule has 0 aromatic rings. The summed E-state index contributed by atoms with van der Waals surface area (Å²) in [6.07, 6.45) is 1.66. The largest absolute Gasteiger partial charge is 0.498 e. The van der Waals surface area contributed by atoms with Crippen molar-refractivity contribution in [2.24, 2.45) is 5.41 Å². The number of ether oxygens (including phenoxy) is 1. The van der Waals surface area contributed by atoms with Crippen LogP contribution in [0.5, 0.6) is 0 Å². The summed E-state index contributed by atoms with van der Waals surface area (Å²) >= 11 is 0. The molecule has 2 heteroatoms. The predicted octanol–water partition coefficient (Wildman–Crippen LogP) is 1.95. The van der Waals surface area contributed by atoms with Crippen molar-refractivity contribution >= 4 is 0 Å². The molecule has 0 amide bonds. The normalized spacial score (nSPS) is 13.4. The Hall–Kier alpha value is -0.500. The van der Waals surface area contributed by atoms with Crippen molar-refractivity contribution in [3.63, 3.8) is 0 Å². The maximum absolute atomic E-state index is 8.51. The van der Waals surface area contributed by atoms with E-state index in [1.54, 1.807) is 6.08 Å². The lowest BCUT2D eigenvalue weighted by atomic mass is 9.99. The SMILES string of the molecule is C/C(=C\CO)OCC(C)(C)C. The molecular formula is C9H18O2. The maximum Gasteiger partial charge on any atom is 0.0925 e. The Morgan fingerprint density at radius 1 is 1.45 bits per heavy atom. The zero-order valence-corrected chi connectivity index (χ0v) is 7.85. The first-order valence-corrected chi connectivity index (χ1v) is 3.86. The van der Waals surface area contributed by atoms with Crippen molar-refractivity contribution in [1.82, 2.24) is 0 Å². The fourth-order valence-corrected chi connectivity index (χ4v) is 0.518. The van der Waals surface area contributed by atoms with Crippen LogP contribution in [0.25, 0.3) is 0 Å². The summed E-state index contributed by atoms with van der Waals surface area (Å²) in [6.45, 7) is 8.92. The van der Waals surface area contributed by atoms with Gasteiger partial charge in [-0.2, -0.15) is 0 Å². The first-order valence-electron chi connectivity index (χ1n) is 3.86. The average molecular weight is 158 g/mol. The Labute approximate surface area is 68.9 Å². The number of hydrogen-bond acceptors (Lipinski definition) is 2. The molecule has 0 aliphatic rings. The molecule has 0 heterocycles. The van der Waals surface area contributed by atoms with E-state index in [-0.39, 0.29) is 12.0 Å². The Morgan fingerprint density at radius 3 is 2.36 bits per heavy atom. The number of hydrogen-bond donors (Lipinski definition) is 1. The van der Waals surface area contributed by atoms with Crippen molar-refractivity contribution in [2.45, 2.75) is 27.7 Å². The van der Waals surface area contributed by atoms with Crippen LogP contribution in [0.1, 0.15) is 27.7 Å². The van der Waals surface area contributed by atoms with Crippen LogP contribution in [0.3, 0.4) is 0 Å². The molecule has 0 rings (SSSR count). The van der Waals surface area contributed by atoms with E-state index in [2.05, 4.69) is 20.8 Å². The van der Waals surface area contributed by atoms with Gasteiger partial charge in [-0.15, -0.1) is 0 Å². The van der Waals surface area contributed by atoms with Gasteiger partial charge in [-0.3, -0.25) is 0 Å². The molecule has 1 N–H and O–H groups in total. The fraction of sp³-hybridized carbons (Fsp3) is 0.778. The molecule has 0 unspecified atom stereocenters. The fourth-order valence-electron chi connectivity index (χ4n) is 0.518. The van der Waals surface area contributed by atoms with E-state index in [9.17, 15) is 0 Å². The first kappa shape index (κ1) is 10.5. The van der Waals surface area contributed by atoms with Crippen molar-refractivity contribution in [3.05, 3.63) is 11.8 Å². The van der Waals surface area contributed by atoms with Gasteiger partial charge < -0.3 is 9.84 Å². The van der Waals surface area contributed by atoms with Gasteiger partial charge in [0.2, 0.25) is 0 Å². The third-order valence-electron chi connectivity index (χ3n) is 1.11. The van der Waals surface area contributed by atoms with Crippen LogP contribution in [0, 0.1) is 5.41 Å². The maximum atomic E-state index is 8.51. The molecule has 0 spiro atoms. The Bertz CT molecular complexity index is 131. The summed E-state index contributed by atoms with van der Waals surface area (Å²) in [5.41, 5.74) is 0.185. The molecule has 0 bridgehead atoms. The van der Waals surface area contributed by atoms with Gasteiger partial charge in [0.1, 0.15) is 0 Å². The van der Waals surface area contributed by atoms with Gasteiger partial charge in [0, 0.05) is 0 Å². The molecule has 0 aromatic heterocycles. The highest BCUT2D eigenvalue weighted by atomic mass is 16.5. The molecule has 0 radical (unpaired) electrons. The smallest absolute Gasteiger partial charge is 0.0925 e. The molecule has 0 saturated carbocycles. The lowest BCUT2D eigenvalue weighted by molar-refractivity contribution is 0.126. The second kappa shape index (κ2) is 4.39. The summed E-state index contributed by atoms with van der Waals surface area (Å²) in [7, 11) is 0. The van der Waals surface area contributed by atoms with Crippen LogP contribution >= 0.6 is 0 Å². The highest BCUT2D eigenvalue weighted by Crippen LogP contribution is 2.14. The number of aliphatic hydroxyl groups is 1. The average Bonchev–Trinajstić information content (AvgIpc) is 1.83. The van der Waals surface area contributed by atoms with Crippen molar-refractivity contribution in [1.29, 1.82) is 0 Å². The molecule has 0 aliphatic heterocycles. The van der Waals surface area contributed by atoms with Gasteiger partial charge in [0.25, 0.3) is 0 Å². The third kappa shape index (κ3) is 7.40. The van der Waals surface area contributed by atoms with Crippen LogP contribution in [0.15, 0.2) is 11.8 Å². The molecule has 66 valence electrons. The zero-order valence-electron chi connectivity index (χ0n) is 7.85. The van der Waals surface area contributed by atoms with E-state index in [1.165, 1.54) is 0 Å². The highest BCUT2D eigenvalue weighted by molar-refractivity contribution is 4.88. The molecule has 0 fully saturated rings. The topological polar surface area (TPSA) is 29.5 Å². The van der Waals surface area contributed by atoms with Crippen molar-refractivity contribution in [3.8, 4) is 0 Å². The van der Waals surface area contributed by atoms with E-state index in [1.807, 2.05) is 6.92 Å². The van der Waals surface area contributed by atoms with E-state index >= 15 is 0 Å². The van der Waals surface area contributed by atoms with Crippen molar-refractivity contribution in [2.75, 3.05) is 13.2 Å². The summed E-state index contributed by atoms with van der Waals surface area (Å²) in [5.74, 6) is 0.794. The Morgan fingerprint density at radius 2 is 2.00 bits per heavy atom. The minimum atomic E-state index is 0.0516. The van der Waals surface area contributed by atoms with Crippen LogP contribution in [-0.4, -0.2) is 18.3 Å². The number of rotatable bonds is 3. The van der Waals surface area contributed by atoms with Gasteiger partial charge in [-0.05, 0) is 18.4 Å². The molecule has 0 aromatic carbocycles. The molecule has 2 nitrogen and oxygen atoms in total. The van der Waals surface area contributed by atoms with Crippen LogP contribution in [-0.2, 0) is 4.74 Å². The predicted molar refractivity (Wildman–Crippen MR) is 46.2 cm³/mol. The van der Waals surface area contributed by atoms with Gasteiger partial charge in [0.15, 0.2) is 0 Å². The quantitative estimate of drug-likeness (QED) is 0.636. The van der Waals surface area contributed by atoms with Gasteiger partial charge >= 0.3 is 0 Å². The summed E-state index contributed by atoms with van der Waals surface area (Å²) in [6, 6.07) is 0. The zero-order chi connectivity index (χ0) is 8.91. The molecule has 0 saturated heterocycles. The summed E-state index contributed by atoms with van der Waals surface area (Å²) < 4.78 is 5.35. The van der Waals surface area contributed by atoms with E-state index < -0.39 is 0 Å². The number of aliphatic hydroxyl groups excluding tert-OH is 1. The third-order valence-corrected chi connectivity index (χ3v) is 1.11. The van der Waals surface area contributed by atoms with Crippen LogP contribution in [0.2, 0.25) is 0 Å². The monoisotopic (exact) mass is 158 g/mol. The first-order chi connectivity index (χ1) is 4.95. The molecule has 11 heavy (non-hydrogen) atoms. The molecule has 0 aliphatic carbocycles. The second-order valence-electron chi connectivity index (χ2n) is 3.85. The van der Waals surface area contributed by atoms with Crippen LogP contribution in [0.4, 0.5) is 0 Å². The summed E-state index contributed by atoms with van der Waals surface area (Å²) in [5, 5.41) is 8.51. The Balaban J connectivity index is 3.62. The van der Waals surface area contributed by atoms with E-state index in [0.717, 1.165) is 5.76 Å². The summed E-state index contributed by atoms with van der Waals surface area (Å²) in [4.78, 5) is 0. The second-order valence-corrected chi connectivity index (χ2v) is 3.85. The minimum absolute atomic E-state index is 0.0516. The van der Waals surface area contributed by atoms with Crippen molar-refractivity contribution < 1.29 is 9.84 Å². The lowest BCUT2D eigenvalue weighted by Crippen LogP contribution is -2.13. The Kier molecular flexibility index (Phi) is 4.19. The minimum Gasteiger partial charge on any atom is -0.498 e. The van der Waals surface area contributed by atoms with Gasteiger partial charge in [-0.1, -0.05) is 20.8 Å². The standard InChI is InChI=1S/C9H18O2/c1-8(5-6-10)11-7-9(2,3)4/h5,10H,6-7H2,1-4H3/b8-5+. The van der Waals surface area contributed by atoms with Crippen LogP contribution < -0.4 is 0 Å². The van der Waals surface area contributed by atoms with E-state index in [4.69, 9.17) is 9.84 Å². The number of allylic oxidation sites excluding steroid dienone is 1. The molecule has 0 atom stereocenters. The molecular weight excluding hydrogens is 140 g/mol. The van der Waals surface area contributed by atoms with Gasteiger partial charge in [0.05, 0.1) is 19.0 Å².